The lowest BCUT2D eigenvalue weighted by atomic mass is 10.1. The largest absolute Gasteiger partial charge is 0.481 e. The van der Waals surface area contributed by atoms with E-state index in [0.29, 0.717) is 0 Å². The lowest BCUT2D eigenvalue weighted by Crippen LogP contribution is -2.17. The summed E-state index contributed by atoms with van der Waals surface area (Å²) in [7, 11) is 2.62. The summed E-state index contributed by atoms with van der Waals surface area (Å²) in [6, 6.07) is 2.50. The molecule has 0 aliphatic rings. The Morgan fingerprint density at radius 1 is 1.38 bits per heavy atom. The molecule has 0 aliphatic heterocycles. The first-order valence-electron chi connectivity index (χ1n) is 5.69. The van der Waals surface area contributed by atoms with Crippen LogP contribution in [0.2, 0.25) is 0 Å². The molecule has 2 heterocycles. The SMILES string of the molecule is COc1ccc(-c2cnc(C(N)=O)n2C)c(C(F)(F)F)n1. The van der Waals surface area contributed by atoms with Gasteiger partial charge in [0.1, 0.15) is 0 Å². The van der Waals surface area contributed by atoms with Crippen molar-refractivity contribution in [1.82, 2.24) is 14.5 Å². The second-order valence-electron chi connectivity index (χ2n) is 4.14. The van der Waals surface area contributed by atoms with E-state index >= 15 is 0 Å². The van der Waals surface area contributed by atoms with E-state index in [1.54, 1.807) is 0 Å². The van der Waals surface area contributed by atoms with Crippen molar-refractivity contribution in [3.8, 4) is 17.1 Å². The van der Waals surface area contributed by atoms with Gasteiger partial charge in [0.25, 0.3) is 5.91 Å². The topological polar surface area (TPSA) is 83.0 Å². The summed E-state index contributed by atoms with van der Waals surface area (Å²) < 4.78 is 45.2. The minimum atomic E-state index is -4.68. The fourth-order valence-corrected chi connectivity index (χ4v) is 1.87. The highest BCUT2D eigenvalue weighted by atomic mass is 19.4. The molecule has 6 nitrogen and oxygen atoms in total. The number of rotatable bonds is 3. The van der Waals surface area contributed by atoms with Crippen LogP contribution in [-0.2, 0) is 13.2 Å². The summed E-state index contributed by atoms with van der Waals surface area (Å²) in [4.78, 5) is 18.3. The van der Waals surface area contributed by atoms with Gasteiger partial charge in [0.05, 0.1) is 19.0 Å². The maximum absolute atomic E-state index is 13.1. The molecule has 21 heavy (non-hydrogen) atoms. The van der Waals surface area contributed by atoms with Gasteiger partial charge in [0.15, 0.2) is 11.5 Å². The van der Waals surface area contributed by atoms with Crippen LogP contribution in [-0.4, -0.2) is 27.6 Å². The normalized spacial score (nSPS) is 11.5. The molecule has 0 radical (unpaired) electrons. The van der Waals surface area contributed by atoms with Gasteiger partial charge in [-0.2, -0.15) is 13.2 Å². The van der Waals surface area contributed by atoms with Crippen molar-refractivity contribution in [2.45, 2.75) is 6.18 Å². The highest BCUT2D eigenvalue weighted by molar-refractivity contribution is 5.90. The molecule has 0 saturated carbocycles. The first kappa shape index (κ1) is 14.8. The molecular formula is C12H11F3N4O2. The number of hydrogen-bond acceptors (Lipinski definition) is 4. The first-order valence-corrected chi connectivity index (χ1v) is 5.69. The van der Waals surface area contributed by atoms with Gasteiger partial charge < -0.3 is 15.0 Å². The van der Waals surface area contributed by atoms with Gasteiger partial charge in [-0.05, 0) is 6.07 Å². The molecular weight excluding hydrogens is 289 g/mol. The maximum Gasteiger partial charge on any atom is 0.434 e. The van der Waals surface area contributed by atoms with Gasteiger partial charge >= 0.3 is 6.18 Å². The average Bonchev–Trinajstić information content (AvgIpc) is 2.79. The van der Waals surface area contributed by atoms with Crippen molar-refractivity contribution in [1.29, 1.82) is 0 Å². The number of ether oxygens (including phenoxy) is 1. The van der Waals surface area contributed by atoms with Crippen molar-refractivity contribution < 1.29 is 22.7 Å². The number of halogens is 3. The van der Waals surface area contributed by atoms with Crippen LogP contribution in [0, 0.1) is 0 Å². The van der Waals surface area contributed by atoms with Gasteiger partial charge in [-0.1, -0.05) is 0 Å². The van der Waals surface area contributed by atoms with Crippen LogP contribution < -0.4 is 10.5 Å². The summed E-state index contributed by atoms with van der Waals surface area (Å²) >= 11 is 0. The number of pyridine rings is 1. The number of nitrogens with zero attached hydrogens (tertiary/aromatic N) is 3. The zero-order valence-electron chi connectivity index (χ0n) is 11.1. The van der Waals surface area contributed by atoms with Crippen molar-refractivity contribution >= 4 is 5.91 Å². The first-order chi connectivity index (χ1) is 9.75. The van der Waals surface area contributed by atoms with Crippen LogP contribution in [0.25, 0.3) is 11.3 Å². The minimum Gasteiger partial charge on any atom is -0.481 e. The molecule has 0 spiro atoms. The van der Waals surface area contributed by atoms with Gasteiger partial charge in [-0.3, -0.25) is 4.79 Å². The second kappa shape index (κ2) is 5.08. The van der Waals surface area contributed by atoms with Crippen LogP contribution in [0.3, 0.4) is 0 Å². The molecule has 2 rings (SSSR count). The van der Waals surface area contributed by atoms with Crippen molar-refractivity contribution in [2.75, 3.05) is 7.11 Å². The number of carbonyl (C=O) groups is 1. The highest BCUT2D eigenvalue weighted by Crippen LogP contribution is 2.36. The van der Waals surface area contributed by atoms with Gasteiger partial charge in [0, 0.05) is 18.7 Å². The third-order valence-corrected chi connectivity index (χ3v) is 2.83. The summed E-state index contributed by atoms with van der Waals surface area (Å²) in [5.41, 5.74) is 3.83. The monoisotopic (exact) mass is 300 g/mol. The van der Waals surface area contributed by atoms with Crippen molar-refractivity contribution in [2.24, 2.45) is 12.8 Å². The van der Waals surface area contributed by atoms with E-state index in [4.69, 9.17) is 10.5 Å². The standard InChI is InChI=1S/C12H11F3N4O2/c1-19-7(5-17-11(19)10(16)20)6-3-4-8(21-2)18-9(6)12(13,14)15/h3-5H,1-2H3,(H2,16,20). The Balaban J connectivity index is 2.67. The van der Waals surface area contributed by atoms with E-state index in [1.165, 1.54) is 30.9 Å². The molecule has 0 saturated heterocycles. The Morgan fingerprint density at radius 2 is 2.05 bits per heavy atom. The minimum absolute atomic E-state index is 0.0753. The quantitative estimate of drug-likeness (QED) is 0.933. The van der Waals surface area contributed by atoms with E-state index in [1.807, 2.05) is 0 Å². The van der Waals surface area contributed by atoms with Crippen LogP contribution in [0.15, 0.2) is 18.3 Å². The summed E-state index contributed by atoms with van der Waals surface area (Å²) in [6.45, 7) is 0. The Hall–Kier alpha value is -2.58. The molecule has 112 valence electrons. The molecule has 2 N–H and O–H groups in total. The molecule has 0 bridgehead atoms. The van der Waals surface area contributed by atoms with Crippen molar-refractivity contribution in [3.63, 3.8) is 0 Å². The molecule has 2 aromatic rings. The number of carbonyl (C=O) groups excluding carboxylic acids is 1. The van der Waals surface area contributed by atoms with E-state index in [-0.39, 0.29) is 23.0 Å². The summed E-state index contributed by atoms with van der Waals surface area (Å²) in [5, 5.41) is 0. The molecule has 0 atom stereocenters. The zero-order valence-corrected chi connectivity index (χ0v) is 11.1. The third kappa shape index (κ3) is 2.67. The fourth-order valence-electron chi connectivity index (χ4n) is 1.87. The third-order valence-electron chi connectivity index (χ3n) is 2.83. The van der Waals surface area contributed by atoms with Gasteiger partial charge in [-0.15, -0.1) is 0 Å². The maximum atomic E-state index is 13.1. The second-order valence-corrected chi connectivity index (χ2v) is 4.14. The number of nitrogens with two attached hydrogens (primary N) is 1. The molecule has 0 unspecified atom stereocenters. The Bertz CT molecular complexity index is 694. The van der Waals surface area contributed by atoms with Crippen LogP contribution >= 0.6 is 0 Å². The molecule has 0 aromatic carbocycles. The predicted octanol–water partition coefficient (Wildman–Crippen LogP) is 1.61. The summed E-state index contributed by atoms with van der Waals surface area (Å²) in [6.07, 6.45) is -3.54. The molecule has 0 fully saturated rings. The van der Waals surface area contributed by atoms with Crippen LogP contribution in [0.4, 0.5) is 13.2 Å². The van der Waals surface area contributed by atoms with Crippen molar-refractivity contribution in [3.05, 3.63) is 29.8 Å². The van der Waals surface area contributed by atoms with Gasteiger partial charge in [0.2, 0.25) is 5.88 Å². The van der Waals surface area contributed by atoms with E-state index in [9.17, 15) is 18.0 Å². The molecule has 0 aliphatic carbocycles. The number of methoxy groups -OCH3 is 1. The number of amides is 1. The lowest BCUT2D eigenvalue weighted by molar-refractivity contribution is -0.140. The highest BCUT2D eigenvalue weighted by Gasteiger charge is 2.37. The average molecular weight is 300 g/mol. The number of primary amides is 1. The number of alkyl halides is 3. The molecule has 2 aromatic heterocycles. The number of hydrogen-bond donors (Lipinski definition) is 1. The Morgan fingerprint density at radius 3 is 2.52 bits per heavy atom. The Kier molecular flexibility index (Phi) is 3.58. The fraction of sp³-hybridized carbons (Fsp3) is 0.250. The van der Waals surface area contributed by atoms with E-state index < -0.39 is 17.8 Å². The molecule has 1 amide bonds. The van der Waals surface area contributed by atoms with E-state index in [0.717, 1.165) is 6.20 Å². The lowest BCUT2D eigenvalue weighted by Gasteiger charge is -2.13. The smallest absolute Gasteiger partial charge is 0.434 e. The van der Waals surface area contributed by atoms with Crippen LogP contribution in [0.5, 0.6) is 5.88 Å². The van der Waals surface area contributed by atoms with Crippen LogP contribution in [0.1, 0.15) is 16.3 Å². The van der Waals surface area contributed by atoms with E-state index in [2.05, 4.69) is 9.97 Å². The number of imidazole rings is 1. The summed E-state index contributed by atoms with van der Waals surface area (Å²) in [5.74, 6) is -1.14. The predicted molar refractivity (Wildman–Crippen MR) is 66.5 cm³/mol. The van der Waals surface area contributed by atoms with Gasteiger partial charge in [-0.25, -0.2) is 9.97 Å². The number of aromatic nitrogens is 3. The Labute approximate surface area is 117 Å². The zero-order chi connectivity index (χ0) is 15.8. The molecule has 9 heteroatoms.